The van der Waals surface area contributed by atoms with E-state index < -0.39 is 0 Å². The predicted molar refractivity (Wildman–Crippen MR) is 283 cm³/mol. The zero-order valence-corrected chi connectivity index (χ0v) is 39.0. The second kappa shape index (κ2) is 15.1. The van der Waals surface area contributed by atoms with E-state index in [1.54, 1.807) is 0 Å². The Morgan fingerprint density at radius 3 is 1.44 bits per heavy atom. The van der Waals surface area contributed by atoms with Gasteiger partial charge in [-0.25, -0.2) is 0 Å². The van der Waals surface area contributed by atoms with E-state index >= 15 is 0 Å². The predicted octanol–water partition coefficient (Wildman–Crippen LogP) is 15.1. The molecule has 2 aliphatic rings. The lowest BCUT2D eigenvalue weighted by molar-refractivity contribution is 0.383. The Bertz CT molecular complexity index is 4040. The number of furan rings is 2. The number of para-hydroxylation sites is 4. The van der Waals surface area contributed by atoms with Crippen LogP contribution in [-0.2, 0) is 0 Å². The molecule has 8 aromatic carbocycles. The number of hydrogen-bond donors (Lipinski definition) is 0. The highest BCUT2D eigenvalue weighted by atomic mass is 16.3. The number of benzene rings is 8. The van der Waals surface area contributed by atoms with Crippen molar-refractivity contribution in [1.82, 2.24) is 18.9 Å². The van der Waals surface area contributed by atoms with Gasteiger partial charge in [-0.2, -0.15) is 0 Å². The van der Waals surface area contributed by atoms with Crippen LogP contribution in [0.15, 0.2) is 191 Å². The van der Waals surface area contributed by atoms with Gasteiger partial charge in [-0.15, -0.1) is 0 Å². The molecule has 4 aromatic heterocycles. The van der Waals surface area contributed by atoms with Crippen LogP contribution < -0.4 is 9.80 Å². The number of aryl methyl sites for hydroxylation is 2. The molecule has 0 amide bonds. The number of anilines is 2. The van der Waals surface area contributed by atoms with Crippen LogP contribution in [-0.4, -0.2) is 45.4 Å². The molecule has 0 saturated heterocycles. The van der Waals surface area contributed by atoms with E-state index in [-0.39, 0.29) is 12.3 Å². The van der Waals surface area contributed by atoms with Gasteiger partial charge in [0.15, 0.2) is 5.58 Å². The topological polar surface area (TPSA) is 49.1 Å². The second-order valence-corrected chi connectivity index (χ2v) is 18.6. The lowest BCUT2D eigenvalue weighted by Crippen LogP contribution is -2.33. The molecule has 14 rings (SSSR count). The van der Waals surface area contributed by atoms with Crippen LogP contribution in [0, 0.1) is 13.8 Å². The van der Waals surface area contributed by atoms with Gasteiger partial charge in [0.2, 0.25) is 0 Å². The van der Waals surface area contributed by atoms with Gasteiger partial charge in [0.25, 0.3) is 0 Å². The van der Waals surface area contributed by atoms with Gasteiger partial charge >= 0.3 is 0 Å². The van der Waals surface area contributed by atoms with E-state index in [0.29, 0.717) is 0 Å². The third-order valence-electron chi connectivity index (χ3n) is 14.7. The monoisotopic (exact) mass is 886 g/mol. The lowest BCUT2D eigenvalue weighted by Gasteiger charge is -2.28. The molecule has 0 unspecified atom stereocenters. The van der Waals surface area contributed by atoms with Crippen LogP contribution in [0.4, 0.5) is 11.4 Å². The molecule has 0 saturated carbocycles. The van der Waals surface area contributed by atoms with Crippen molar-refractivity contribution in [3.8, 4) is 11.4 Å². The molecule has 332 valence electrons. The van der Waals surface area contributed by atoms with Gasteiger partial charge in [-0.05, 0) is 112 Å². The Morgan fingerprint density at radius 2 is 0.853 bits per heavy atom. The molecule has 0 bridgehead atoms. The maximum atomic E-state index is 6.50. The average molecular weight is 887 g/mol. The first kappa shape index (κ1) is 40.0. The minimum Gasteiger partial charge on any atom is -0.456 e. The van der Waals surface area contributed by atoms with Crippen LogP contribution >= 0.6 is 0 Å². The summed E-state index contributed by atoms with van der Waals surface area (Å²) in [5.41, 5.74) is 15.7. The van der Waals surface area contributed by atoms with Crippen molar-refractivity contribution in [2.24, 2.45) is 0 Å². The molecule has 8 heteroatoms. The fraction of sp³-hybridized carbons (Fsp3) is 0.133. The molecule has 8 nitrogen and oxygen atoms in total. The Kier molecular flexibility index (Phi) is 8.87. The van der Waals surface area contributed by atoms with Crippen molar-refractivity contribution in [2.75, 3.05) is 23.9 Å². The molecule has 0 radical (unpaired) electrons. The van der Waals surface area contributed by atoms with Crippen LogP contribution in [0.3, 0.4) is 0 Å². The first-order valence-electron chi connectivity index (χ1n) is 23.5. The van der Waals surface area contributed by atoms with E-state index in [4.69, 9.17) is 8.83 Å². The van der Waals surface area contributed by atoms with Crippen molar-refractivity contribution in [3.63, 3.8) is 0 Å². The van der Waals surface area contributed by atoms with Crippen LogP contribution in [0.1, 0.15) is 25.0 Å². The largest absolute Gasteiger partial charge is 0.456 e. The zero-order valence-electron chi connectivity index (χ0n) is 39.0. The van der Waals surface area contributed by atoms with Crippen LogP contribution in [0.5, 0.6) is 0 Å². The van der Waals surface area contributed by atoms with Gasteiger partial charge in [0.1, 0.15) is 29.1 Å². The zero-order chi connectivity index (χ0) is 45.9. The minimum atomic E-state index is 0.278. The number of aromatic nitrogens is 2. The molecule has 2 atom stereocenters. The van der Waals surface area contributed by atoms with E-state index in [1.165, 1.54) is 55.1 Å². The SMILES string of the molecule is Cc1cc2c(cc1N1C=CN(C)[C@@H]1C)c1cc3c(cc1n2-c1ccccc1)oc1ccccc13.Cc1cc2c(cc1N1C=CN(C)[C@@H]1C)c1ccc3c4ccccc4oc3c1n2-c1ccccc1. The molecule has 12 aromatic rings. The van der Waals surface area contributed by atoms with Crippen LogP contribution in [0.2, 0.25) is 0 Å². The molecule has 0 aliphatic carbocycles. The van der Waals surface area contributed by atoms with Gasteiger partial charge < -0.3 is 37.6 Å². The highest BCUT2D eigenvalue weighted by molar-refractivity contribution is 6.22. The summed E-state index contributed by atoms with van der Waals surface area (Å²) < 4.78 is 17.5. The molecule has 0 N–H and O–H groups in total. The molecule has 68 heavy (non-hydrogen) atoms. The quantitative estimate of drug-likeness (QED) is 0.175. The third-order valence-corrected chi connectivity index (χ3v) is 14.7. The molecular weight excluding hydrogens is 837 g/mol. The number of nitrogens with zero attached hydrogens (tertiary/aromatic N) is 6. The molecule has 6 heterocycles. The molecule has 2 aliphatic heterocycles. The lowest BCUT2D eigenvalue weighted by atomic mass is 10.1. The first-order chi connectivity index (χ1) is 33.2. The summed E-state index contributed by atoms with van der Waals surface area (Å²) in [5, 5.41) is 9.55. The maximum Gasteiger partial charge on any atom is 0.160 e. The standard InChI is InChI=1S/2C30H25N3O/c1-19-15-27-24(17-26(19)32-14-13-31(3)20(32)2)23-16-25-22-11-7-8-12-29(22)34-30(25)18-28(23)33(27)21-9-5-4-6-10-21;1-19-17-27-25(18-26(19)32-16-15-31(3)20(32)2)23-13-14-24-22-11-7-8-12-28(22)34-30(24)29(23)33(27)21-9-5-4-6-10-21/h2*4-18,20H,1-3H3/t2*20-/m00/s1. The number of hydrogen-bond acceptors (Lipinski definition) is 6. The van der Waals surface area contributed by atoms with Gasteiger partial charge in [0, 0.05) is 111 Å². The summed E-state index contributed by atoms with van der Waals surface area (Å²) >= 11 is 0. The third kappa shape index (κ3) is 5.93. The van der Waals surface area contributed by atoms with Crippen molar-refractivity contribution >= 4 is 98.9 Å². The van der Waals surface area contributed by atoms with E-state index in [1.807, 2.05) is 18.2 Å². The van der Waals surface area contributed by atoms with Crippen LogP contribution in [0.25, 0.3) is 98.9 Å². The Hall–Kier alpha value is -8.36. The Labute approximate surface area is 394 Å². The van der Waals surface area contributed by atoms with Crippen molar-refractivity contribution in [3.05, 3.63) is 194 Å². The molecule has 0 spiro atoms. The van der Waals surface area contributed by atoms with Gasteiger partial charge in [-0.3, -0.25) is 0 Å². The van der Waals surface area contributed by atoms with E-state index in [0.717, 1.165) is 66.3 Å². The van der Waals surface area contributed by atoms with E-state index in [9.17, 15) is 0 Å². The maximum absolute atomic E-state index is 6.50. The summed E-state index contributed by atoms with van der Waals surface area (Å²) in [6, 6.07) is 56.2. The summed E-state index contributed by atoms with van der Waals surface area (Å²) in [5.74, 6) is 0. The first-order valence-corrected chi connectivity index (χ1v) is 23.5. The van der Waals surface area contributed by atoms with Gasteiger partial charge in [0.05, 0.1) is 22.1 Å². The number of rotatable bonds is 4. The number of fused-ring (bicyclic) bond motifs is 13. The Balaban J connectivity index is 0.000000134. The second-order valence-electron chi connectivity index (χ2n) is 18.6. The van der Waals surface area contributed by atoms with Crippen molar-refractivity contribution < 1.29 is 8.83 Å². The average Bonchev–Trinajstić information content (AvgIpc) is 4.21. The summed E-state index contributed by atoms with van der Waals surface area (Å²) in [6.45, 7) is 8.88. The highest BCUT2D eigenvalue weighted by Crippen LogP contribution is 2.44. The fourth-order valence-corrected chi connectivity index (χ4v) is 10.9. The molecule has 0 fully saturated rings. The fourth-order valence-electron chi connectivity index (χ4n) is 10.9. The van der Waals surface area contributed by atoms with Crippen molar-refractivity contribution in [1.29, 1.82) is 0 Å². The highest BCUT2D eigenvalue weighted by Gasteiger charge is 2.27. The molecular formula is C60H50N6O2. The Morgan fingerprint density at radius 1 is 0.382 bits per heavy atom. The summed E-state index contributed by atoms with van der Waals surface area (Å²) in [7, 11) is 4.24. The van der Waals surface area contributed by atoms with Gasteiger partial charge in [-0.1, -0.05) is 78.9 Å². The smallest absolute Gasteiger partial charge is 0.160 e. The minimum absolute atomic E-state index is 0.278. The normalized spacial score (nSPS) is 16.1. The van der Waals surface area contributed by atoms with Crippen molar-refractivity contribution in [2.45, 2.75) is 40.0 Å². The summed E-state index contributed by atoms with van der Waals surface area (Å²) in [6.07, 6.45) is 9.19. The summed E-state index contributed by atoms with van der Waals surface area (Å²) in [4.78, 5) is 9.17. The van der Waals surface area contributed by atoms with E-state index in [2.05, 4.69) is 235 Å².